The molecular formula is C9H12N2O3. The second kappa shape index (κ2) is 3.77. The van der Waals surface area contributed by atoms with Crippen LogP contribution in [0, 0.1) is 12.8 Å². The fourth-order valence-electron chi connectivity index (χ4n) is 1.11. The Morgan fingerprint density at radius 3 is 2.93 bits per heavy atom. The van der Waals surface area contributed by atoms with E-state index in [1.807, 2.05) is 0 Å². The summed E-state index contributed by atoms with van der Waals surface area (Å²) in [5, 5.41) is 7.47. The Balaban J connectivity index is 1.69. The molecule has 0 bridgehead atoms. The summed E-state index contributed by atoms with van der Waals surface area (Å²) in [6.45, 7) is 2.06. The lowest BCUT2D eigenvalue weighted by Crippen LogP contribution is -2.09. The number of rotatable bonds is 4. The van der Waals surface area contributed by atoms with Crippen LogP contribution in [0.2, 0.25) is 0 Å². The molecule has 0 spiro atoms. The summed E-state index contributed by atoms with van der Waals surface area (Å²) in [5.74, 6) is 1.11. The molecular weight excluding hydrogens is 184 g/mol. The molecule has 1 aromatic heterocycles. The first-order valence-corrected chi connectivity index (χ1v) is 4.71. The Labute approximate surface area is 81.5 Å². The maximum Gasteiger partial charge on any atom is 0.308 e. The molecule has 1 aliphatic rings. The van der Waals surface area contributed by atoms with Crippen molar-refractivity contribution in [3.05, 3.63) is 11.8 Å². The molecule has 2 rings (SSSR count). The molecule has 1 saturated carbocycles. The maximum absolute atomic E-state index is 11.1. The van der Waals surface area contributed by atoms with E-state index in [2.05, 4.69) is 10.2 Å². The number of ether oxygens (including phenoxy) is 1. The van der Waals surface area contributed by atoms with Crippen LogP contribution in [0.3, 0.4) is 0 Å². The van der Waals surface area contributed by atoms with Gasteiger partial charge in [0, 0.05) is 6.92 Å². The van der Waals surface area contributed by atoms with Gasteiger partial charge in [0.15, 0.2) is 0 Å². The summed E-state index contributed by atoms with van der Waals surface area (Å²) >= 11 is 0. The molecule has 1 aromatic rings. The molecule has 0 aliphatic heterocycles. The average Bonchev–Trinajstić information content (AvgIpc) is 2.92. The topological polar surface area (TPSA) is 65.2 Å². The minimum Gasteiger partial charge on any atom is -0.465 e. The summed E-state index contributed by atoms with van der Waals surface area (Å²) in [4.78, 5) is 11.1. The molecule has 0 radical (unpaired) electrons. The normalized spacial score (nSPS) is 15.5. The van der Waals surface area contributed by atoms with Crippen LogP contribution in [0.15, 0.2) is 4.42 Å². The Morgan fingerprint density at radius 2 is 2.36 bits per heavy atom. The smallest absolute Gasteiger partial charge is 0.308 e. The van der Waals surface area contributed by atoms with Crippen molar-refractivity contribution in [3.63, 3.8) is 0 Å². The number of nitrogens with zero attached hydrogens (tertiary/aromatic N) is 2. The molecule has 5 nitrogen and oxygen atoms in total. The largest absolute Gasteiger partial charge is 0.465 e. The third-order valence-corrected chi connectivity index (χ3v) is 2.04. The number of aryl methyl sites for hydroxylation is 1. The van der Waals surface area contributed by atoms with E-state index in [1.54, 1.807) is 6.92 Å². The quantitative estimate of drug-likeness (QED) is 0.668. The highest BCUT2D eigenvalue weighted by molar-refractivity contribution is 5.74. The minimum absolute atomic E-state index is 0.0961. The number of carbonyl (C=O) groups excluding carboxylic acids is 1. The van der Waals surface area contributed by atoms with Crippen LogP contribution in [-0.4, -0.2) is 22.8 Å². The van der Waals surface area contributed by atoms with Crippen LogP contribution in [0.1, 0.15) is 24.6 Å². The number of carbonyl (C=O) groups is 1. The van der Waals surface area contributed by atoms with Gasteiger partial charge in [-0.15, -0.1) is 10.2 Å². The fourth-order valence-corrected chi connectivity index (χ4v) is 1.11. The van der Waals surface area contributed by atoms with E-state index in [-0.39, 0.29) is 11.9 Å². The lowest BCUT2D eigenvalue weighted by molar-refractivity contribution is -0.145. The van der Waals surface area contributed by atoms with Crippen LogP contribution < -0.4 is 0 Å². The summed E-state index contributed by atoms with van der Waals surface area (Å²) in [6.07, 6.45) is 2.44. The molecule has 5 heteroatoms. The van der Waals surface area contributed by atoms with E-state index in [0.717, 1.165) is 12.8 Å². The standard InChI is InChI=1S/C9H12N2O3/c1-6-10-11-8(14-6)4-5-13-9(12)7-2-3-7/h7H,2-5H2,1H3. The number of aromatic nitrogens is 2. The van der Waals surface area contributed by atoms with Crippen molar-refractivity contribution < 1.29 is 13.9 Å². The monoisotopic (exact) mass is 196 g/mol. The zero-order chi connectivity index (χ0) is 9.97. The minimum atomic E-state index is -0.0961. The fraction of sp³-hybridized carbons (Fsp3) is 0.667. The van der Waals surface area contributed by atoms with Crippen molar-refractivity contribution in [2.45, 2.75) is 26.2 Å². The molecule has 14 heavy (non-hydrogen) atoms. The molecule has 0 aromatic carbocycles. The number of esters is 1. The molecule has 1 heterocycles. The van der Waals surface area contributed by atoms with Crippen molar-refractivity contribution in [1.82, 2.24) is 10.2 Å². The highest BCUT2D eigenvalue weighted by Gasteiger charge is 2.31. The van der Waals surface area contributed by atoms with E-state index in [1.165, 1.54) is 0 Å². The summed E-state index contributed by atoms with van der Waals surface area (Å²) in [5.41, 5.74) is 0. The van der Waals surface area contributed by atoms with E-state index < -0.39 is 0 Å². The van der Waals surface area contributed by atoms with Gasteiger partial charge in [-0.25, -0.2) is 0 Å². The molecule has 1 aliphatic carbocycles. The van der Waals surface area contributed by atoms with Gasteiger partial charge >= 0.3 is 5.97 Å². The van der Waals surface area contributed by atoms with Gasteiger partial charge in [0.2, 0.25) is 11.8 Å². The van der Waals surface area contributed by atoms with Gasteiger partial charge in [-0.05, 0) is 12.8 Å². The van der Waals surface area contributed by atoms with Gasteiger partial charge in [-0.3, -0.25) is 4.79 Å². The maximum atomic E-state index is 11.1. The van der Waals surface area contributed by atoms with Crippen molar-refractivity contribution in [2.24, 2.45) is 5.92 Å². The molecule has 0 unspecified atom stereocenters. The zero-order valence-corrected chi connectivity index (χ0v) is 8.02. The van der Waals surface area contributed by atoms with Crippen LogP contribution >= 0.6 is 0 Å². The van der Waals surface area contributed by atoms with E-state index >= 15 is 0 Å². The van der Waals surface area contributed by atoms with Gasteiger partial charge in [0.1, 0.15) is 6.61 Å². The van der Waals surface area contributed by atoms with Crippen molar-refractivity contribution >= 4 is 5.97 Å². The zero-order valence-electron chi connectivity index (χ0n) is 8.02. The van der Waals surface area contributed by atoms with Crippen LogP contribution in [0.5, 0.6) is 0 Å². The molecule has 0 atom stereocenters. The molecule has 1 fully saturated rings. The third-order valence-electron chi connectivity index (χ3n) is 2.04. The average molecular weight is 196 g/mol. The first-order valence-electron chi connectivity index (χ1n) is 4.71. The van der Waals surface area contributed by atoms with Gasteiger partial charge in [0.05, 0.1) is 12.3 Å². The molecule has 0 saturated heterocycles. The van der Waals surface area contributed by atoms with E-state index in [4.69, 9.17) is 9.15 Å². The predicted octanol–water partition coefficient (Wildman–Crippen LogP) is 0.874. The summed E-state index contributed by atoms with van der Waals surface area (Å²) in [6, 6.07) is 0. The molecule has 0 amide bonds. The van der Waals surface area contributed by atoms with Gasteiger partial charge in [-0.2, -0.15) is 0 Å². The van der Waals surface area contributed by atoms with Crippen LogP contribution in [0.25, 0.3) is 0 Å². The Kier molecular flexibility index (Phi) is 2.47. The second-order valence-electron chi connectivity index (χ2n) is 3.41. The first kappa shape index (κ1) is 9.18. The Morgan fingerprint density at radius 1 is 1.57 bits per heavy atom. The second-order valence-corrected chi connectivity index (χ2v) is 3.41. The summed E-state index contributed by atoms with van der Waals surface area (Å²) in [7, 11) is 0. The third kappa shape index (κ3) is 2.31. The van der Waals surface area contributed by atoms with Crippen molar-refractivity contribution in [2.75, 3.05) is 6.61 Å². The molecule has 0 N–H and O–H groups in total. The Bertz CT molecular complexity index is 331. The van der Waals surface area contributed by atoms with Crippen LogP contribution in [-0.2, 0) is 16.0 Å². The van der Waals surface area contributed by atoms with Gasteiger partial charge in [0.25, 0.3) is 0 Å². The summed E-state index contributed by atoms with van der Waals surface area (Å²) < 4.78 is 10.1. The lowest BCUT2D eigenvalue weighted by Gasteiger charge is -2.00. The molecule has 76 valence electrons. The van der Waals surface area contributed by atoms with Crippen molar-refractivity contribution in [3.8, 4) is 0 Å². The lowest BCUT2D eigenvalue weighted by atomic mass is 10.4. The number of hydrogen-bond acceptors (Lipinski definition) is 5. The van der Waals surface area contributed by atoms with E-state index in [0.29, 0.717) is 24.8 Å². The van der Waals surface area contributed by atoms with Crippen molar-refractivity contribution in [1.29, 1.82) is 0 Å². The predicted molar refractivity (Wildman–Crippen MR) is 46.4 cm³/mol. The van der Waals surface area contributed by atoms with Crippen LogP contribution in [0.4, 0.5) is 0 Å². The van der Waals surface area contributed by atoms with Gasteiger partial charge in [-0.1, -0.05) is 0 Å². The number of hydrogen-bond donors (Lipinski definition) is 0. The highest BCUT2D eigenvalue weighted by atomic mass is 16.5. The SMILES string of the molecule is Cc1nnc(CCOC(=O)C2CC2)o1. The van der Waals surface area contributed by atoms with E-state index in [9.17, 15) is 4.79 Å². The highest BCUT2D eigenvalue weighted by Crippen LogP contribution is 2.29. The first-order chi connectivity index (χ1) is 6.75. The van der Waals surface area contributed by atoms with Gasteiger partial charge < -0.3 is 9.15 Å². The Hall–Kier alpha value is -1.39.